The van der Waals surface area contributed by atoms with Crippen LogP contribution in [0.3, 0.4) is 0 Å². The third kappa shape index (κ3) is 4.00. The van der Waals surface area contributed by atoms with Gasteiger partial charge in [0.05, 0.1) is 18.4 Å². The summed E-state index contributed by atoms with van der Waals surface area (Å²) in [6, 6.07) is 8.03. The van der Waals surface area contributed by atoms with Gasteiger partial charge in [-0.3, -0.25) is 4.79 Å². The van der Waals surface area contributed by atoms with Gasteiger partial charge in [-0.1, -0.05) is 6.42 Å². The van der Waals surface area contributed by atoms with Crippen LogP contribution in [0.2, 0.25) is 0 Å². The zero-order valence-corrected chi connectivity index (χ0v) is 14.5. The van der Waals surface area contributed by atoms with Crippen molar-refractivity contribution < 1.29 is 22.7 Å². The van der Waals surface area contributed by atoms with E-state index in [0.29, 0.717) is 11.4 Å². The summed E-state index contributed by atoms with van der Waals surface area (Å²) in [6.07, 6.45) is 0.916. The number of hydrogen-bond acceptors (Lipinski definition) is 2. The summed E-state index contributed by atoms with van der Waals surface area (Å²) in [7, 11) is 1.53. The van der Waals surface area contributed by atoms with E-state index in [1.807, 2.05) is 12.1 Å². The Kier molecular flexibility index (Phi) is 5.20. The standard InChI is InChI=1S/C20H20F3NO2/c1-26-18-12-15-6-4-2-3-5-14(15)11-17(18)24-19(25)13-7-9-16(10-8-13)20(21,22)23/h7-12H,2-6H2,1H3,(H,24,25). The maximum Gasteiger partial charge on any atom is 0.416 e. The molecule has 1 aliphatic carbocycles. The summed E-state index contributed by atoms with van der Waals surface area (Å²) < 4.78 is 43.3. The summed E-state index contributed by atoms with van der Waals surface area (Å²) >= 11 is 0. The first kappa shape index (κ1) is 18.3. The molecule has 0 bridgehead atoms. The van der Waals surface area contributed by atoms with Crippen molar-refractivity contribution in [2.24, 2.45) is 0 Å². The third-order valence-corrected chi connectivity index (χ3v) is 4.64. The van der Waals surface area contributed by atoms with Gasteiger partial charge >= 0.3 is 6.18 Å². The first-order chi connectivity index (χ1) is 12.4. The minimum Gasteiger partial charge on any atom is -0.495 e. The number of anilines is 1. The van der Waals surface area contributed by atoms with Gasteiger partial charge in [-0.2, -0.15) is 13.2 Å². The van der Waals surface area contributed by atoms with Crippen LogP contribution in [-0.4, -0.2) is 13.0 Å². The van der Waals surface area contributed by atoms with E-state index < -0.39 is 17.6 Å². The summed E-state index contributed by atoms with van der Waals surface area (Å²) in [5.74, 6) is 0.0940. The summed E-state index contributed by atoms with van der Waals surface area (Å²) in [4.78, 5) is 12.4. The molecule has 2 aromatic carbocycles. The molecule has 6 heteroatoms. The van der Waals surface area contributed by atoms with Gasteiger partial charge in [-0.15, -0.1) is 0 Å². The first-order valence-corrected chi connectivity index (χ1v) is 8.57. The van der Waals surface area contributed by atoms with Crippen molar-refractivity contribution in [3.05, 3.63) is 58.7 Å². The Labute approximate surface area is 150 Å². The molecule has 0 radical (unpaired) electrons. The Hall–Kier alpha value is -2.50. The SMILES string of the molecule is COc1cc2c(cc1NC(=O)c1ccc(C(F)(F)F)cc1)CCCCC2. The molecule has 0 fully saturated rings. The van der Waals surface area contributed by atoms with E-state index >= 15 is 0 Å². The zero-order chi connectivity index (χ0) is 18.7. The number of nitrogens with one attached hydrogen (secondary N) is 1. The Balaban J connectivity index is 1.83. The summed E-state index contributed by atoms with van der Waals surface area (Å²) in [5, 5.41) is 2.76. The van der Waals surface area contributed by atoms with Crippen LogP contribution < -0.4 is 10.1 Å². The van der Waals surface area contributed by atoms with Crippen LogP contribution in [-0.2, 0) is 19.0 Å². The number of halogens is 3. The van der Waals surface area contributed by atoms with Gasteiger partial charge in [0, 0.05) is 5.56 Å². The van der Waals surface area contributed by atoms with Crippen LogP contribution in [0.4, 0.5) is 18.9 Å². The number of alkyl halides is 3. The average molecular weight is 363 g/mol. The lowest BCUT2D eigenvalue weighted by molar-refractivity contribution is -0.137. The number of fused-ring (bicyclic) bond motifs is 1. The van der Waals surface area contributed by atoms with Crippen LogP contribution in [0, 0.1) is 0 Å². The molecule has 0 unspecified atom stereocenters. The zero-order valence-electron chi connectivity index (χ0n) is 14.5. The normalized spacial score (nSPS) is 14.3. The monoisotopic (exact) mass is 363 g/mol. The van der Waals surface area contributed by atoms with E-state index in [1.54, 1.807) is 0 Å². The van der Waals surface area contributed by atoms with Crippen molar-refractivity contribution in [1.82, 2.24) is 0 Å². The molecule has 26 heavy (non-hydrogen) atoms. The van der Waals surface area contributed by atoms with Crippen molar-refractivity contribution in [2.45, 2.75) is 38.3 Å². The highest BCUT2D eigenvalue weighted by atomic mass is 19.4. The molecule has 3 nitrogen and oxygen atoms in total. The van der Waals surface area contributed by atoms with Crippen LogP contribution in [0.1, 0.15) is 46.3 Å². The molecule has 0 saturated heterocycles. The van der Waals surface area contributed by atoms with Crippen molar-refractivity contribution in [3.63, 3.8) is 0 Å². The Bertz CT molecular complexity index is 798. The van der Waals surface area contributed by atoms with E-state index in [1.165, 1.54) is 36.8 Å². The number of carbonyl (C=O) groups is 1. The van der Waals surface area contributed by atoms with Crippen molar-refractivity contribution in [3.8, 4) is 5.75 Å². The number of aryl methyl sites for hydroxylation is 2. The van der Waals surface area contributed by atoms with Crippen LogP contribution in [0.5, 0.6) is 5.75 Å². The van der Waals surface area contributed by atoms with Crippen LogP contribution >= 0.6 is 0 Å². The predicted octanol–water partition coefficient (Wildman–Crippen LogP) is 5.24. The van der Waals surface area contributed by atoms with Crippen molar-refractivity contribution in [1.29, 1.82) is 0 Å². The van der Waals surface area contributed by atoms with Crippen LogP contribution in [0.15, 0.2) is 36.4 Å². The lowest BCUT2D eigenvalue weighted by Crippen LogP contribution is -2.14. The number of amides is 1. The second kappa shape index (κ2) is 7.40. The predicted molar refractivity (Wildman–Crippen MR) is 93.7 cm³/mol. The number of carbonyl (C=O) groups excluding carboxylic acids is 1. The van der Waals surface area contributed by atoms with Crippen molar-refractivity contribution in [2.75, 3.05) is 12.4 Å². The highest BCUT2D eigenvalue weighted by Gasteiger charge is 2.30. The number of ether oxygens (including phenoxy) is 1. The average Bonchev–Trinajstić information content (AvgIpc) is 2.85. The van der Waals surface area contributed by atoms with E-state index in [0.717, 1.165) is 37.8 Å². The van der Waals surface area contributed by atoms with E-state index in [-0.39, 0.29) is 5.56 Å². The topological polar surface area (TPSA) is 38.3 Å². The molecule has 0 heterocycles. The molecule has 1 amide bonds. The Morgan fingerprint density at radius 3 is 2.19 bits per heavy atom. The maximum absolute atomic E-state index is 12.6. The number of rotatable bonds is 3. The second-order valence-corrected chi connectivity index (χ2v) is 6.41. The first-order valence-electron chi connectivity index (χ1n) is 8.57. The molecular weight excluding hydrogens is 343 g/mol. The molecule has 3 rings (SSSR count). The number of hydrogen-bond donors (Lipinski definition) is 1. The van der Waals surface area contributed by atoms with Gasteiger partial charge in [-0.05, 0) is 73.2 Å². The highest BCUT2D eigenvalue weighted by molar-refractivity contribution is 6.05. The molecule has 0 saturated carbocycles. The van der Waals surface area contributed by atoms with Gasteiger partial charge in [0.25, 0.3) is 5.91 Å². The van der Waals surface area contributed by atoms with Gasteiger partial charge in [0.2, 0.25) is 0 Å². The molecular formula is C20H20F3NO2. The molecule has 138 valence electrons. The number of benzene rings is 2. The fourth-order valence-electron chi connectivity index (χ4n) is 3.21. The van der Waals surface area contributed by atoms with Gasteiger partial charge in [0.15, 0.2) is 0 Å². The van der Waals surface area contributed by atoms with E-state index in [9.17, 15) is 18.0 Å². The lowest BCUT2D eigenvalue weighted by atomic mass is 10.0. The van der Waals surface area contributed by atoms with E-state index in [2.05, 4.69) is 5.32 Å². The molecule has 0 atom stereocenters. The largest absolute Gasteiger partial charge is 0.495 e. The van der Waals surface area contributed by atoms with Gasteiger partial charge in [-0.25, -0.2) is 0 Å². The minimum atomic E-state index is -4.42. The summed E-state index contributed by atoms with van der Waals surface area (Å²) in [6.45, 7) is 0. The quantitative estimate of drug-likeness (QED) is 0.758. The minimum absolute atomic E-state index is 0.162. The highest BCUT2D eigenvalue weighted by Crippen LogP contribution is 2.33. The second-order valence-electron chi connectivity index (χ2n) is 6.41. The van der Waals surface area contributed by atoms with Crippen LogP contribution in [0.25, 0.3) is 0 Å². The number of methoxy groups -OCH3 is 1. The smallest absolute Gasteiger partial charge is 0.416 e. The van der Waals surface area contributed by atoms with Crippen molar-refractivity contribution >= 4 is 11.6 Å². The molecule has 2 aromatic rings. The fraction of sp³-hybridized carbons (Fsp3) is 0.350. The molecule has 0 spiro atoms. The maximum atomic E-state index is 12.6. The van der Waals surface area contributed by atoms with Gasteiger partial charge in [0.1, 0.15) is 5.75 Å². The molecule has 1 N–H and O–H groups in total. The lowest BCUT2D eigenvalue weighted by Gasteiger charge is -2.15. The third-order valence-electron chi connectivity index (χ3n) is 4.64. The molecule has 0 aromatic heterocycles. The van der Waals surface area contributed by atoms with E-state index in [4.69, 9.17) is 4.74 Å². The molecule has 0 aliphatic heterocycles. The molecule has 1 aliphatic rings. The Morgan fingerprint density at radius 2 is 1.62 bits per heavy atom. The van der Waals surface area contributed by atoms with Gasteiger partial charge < -0.3 is 10.1 Å². The Morgan fingerprint density at radius 1 is 1.00 bits per heavy atom. The fourth-order valence-corrected chi connectivity index (χ4v) is 3.21. The summed E-state index contributed by atoms with van der Waals surface area (Å²) in [5.41, 5.74) is 2.34.